The van der Waals surface area contributed by atoms with Gasteiger partial charge in [-0.1, -0.05) is 12.1 Å². The molecule has 6 nitrogen and oxygen atoms in total. The van der Waals surface area contributed by atoms with Crippen molar-refractivity contribution in [3.8, 4) is 0 Å². The van der Waals surface area contributed by atoms with E-state index in [1.54, 1.807) is 24.5 Å². The fourth-order valence-electron chi connectivity index (χ4n) is 2.48. The predicted octanol–water partition coefficient (Wildman–Crippen LogP) is 2.98. The van der Waals surface area contributed by atoms with E-state index in [1.807, 2.05) is 12.1 Å². The summed E-state index contributed by atoms with van der Waals surface area (Å²) in [5.74, 6) is -2.06. The average Bonchev–Trinajstić information content (AvgIpc) is 2.57. The summed E-state index contributed by atoms with van der Waals surface area (Å²) in [4.78, 5) is 30.1. The van der Waals surface area contributed by atoms with Crippen LogP contribution < -0.4 is 0 Å². The Morgan fingerprint density at radius 1 is 0.750 bits per heavy atom. The van der Waals surface area contributed by atoms with E-state index in [4.69, 9.17) is 10.2 Å². The molecule has 0 spiro atoms. The van der Waals surface area contributed by atoms with Crippen molar-refractivity contribution in [1.29, 1.82) is 0 Å². The highest BCUT2D eigenvalue weighted by atomic mass is 16.4. The van der Waals surface area contributed by atoms with Gasteiger partial charge in [-0.15, -0.1) is 0 Å². The van der Waals surface area contributed by atoms with Crippen molar-refractivity contribution >= 4 is 45.9 Å². The lowest BCUT2D eigenvalue weighted by Crippen LogP contribution is -1.91. The van der Waals surface area contributed by atoms with E-state index in [-0.39, 0.29) is 0 Å². The summed E-state index contributed by atoms with van der Waals surface area (Å²) in [6, 6.07) is 7.10. The minimum atomic E-state index is -1.03. The summed E-state index contributed by atoms with van der Waals surface area (Å²) in [5.41, 5.74) is 2.70. The summed E-state index contributed by atoms with van der Waals surface area (Å²) < 4.78 is 0. The minimum Gasteiger partial charge on any atom is -0.478 e. The first-order chi connectivity index (χ1) is 11.6. The van der Waals surface area contributed by atoms with Gasteiger partial charge in [-0.25, -0.2) is 9.59 Å². The van der Waals surface area contributed by atoms with E-state index in [0.29, 0.717) is 11.0 Å². The molecule has 0 aliphatic rings. The fraction of sp³-hybridized carbons (Fsp3) is 0. The third-order valence-corrected chi connectivity index (χ3v) is 3.50. The van der Waals surface area contributed by atoms with Crippen LogP contribution in [0.5, 0.6) is 0 Å². The zero-order valence-corrected chi connectivity index (χ0v) is 12.4. The molecule has 24 heavy (non-hydrogen) atoms. The largest absolute Gasteiger partial charge is 0.478 e. The normalized spacial score (nSPS) is 11.7. The number of hydrogen-bond acceptors (Lipinski definition) is 4. The highest BCUT2D eigenvalue weighted by Gasteiger charge is 2.08. The summed E-state index contributed by atoms with van der Waals surface area (Å²) in [6.07, 6.45) is 8.32. The van der Waals surface area contributed by atoms with Gasteiger partial charge in [0.1, 0.15) is 0 Å². The van der Waals surface area contributed by atoms with Crippen LogP contribution in [-0.4, -0.2) is 32.1 Å². The molecule has 1 aromatic carbocycles. The highest BCUT2D eigenvalue weighted by molar-refractivity contribution is 6.08. The van der Waals surface area contributed by atoms with Gasteiger partial charge in [-0.3, -0.25) is 9.97 Å². The molecule has 0 atom stereocenters. The third-order valence-electron chi connectivity index (χ3n) is 3.50. The first-order valence-corrected chi connectivity index (χ1v) is 7.05. The number of carboxylic acids is 2. The number of carboxylic acid groups (broad SMARTS) is 2. The number of hydrogen-bond donors (Lipinski definition) is 2. The number of rotatable bonds is 4. The smallest absolute Gasteiger partial charge is 0.328 e. The number of aromatic nitrogens is 2. The van der Waals surface area contributed by atoms with Crippen molar-refractivity contribution in [1.82, 2.24) is 9.97 Å². The molecular weight excluding hydrogens is 308 g/mol. The molecule has 2 heterocycles. The molecule has 0 amide bonds. The van der Waals surface area contributed by atoms with Crippen molar-refractivity contribution < 1.29 is 19.8 Å². The maximum atomic E-state index is 10.7. The Bertz CT molecular complexity index is 939. The van der Waals surface area contributed by atoms with Crippen LogP contribution in [0.3, 0.4) is 0 Å². The van der Waals surface area contributed by atoms with Gasteiger partial charge in [0, 0.05) is 35.3 Å². The molecule has 3 rings (SSSR count). The molecule has 0 saturated carbocycles. The number of carbonyl (C=O) groups is 2. The van der Waals surface area contributed by atoms with Gasteiger partial charge < -0.3 is 10.2 Å². The summed E-state index contributed by atoms with van der Waals surface area (Å²) >= 11 is 0. The van der Waals surface area contributed by atoms with Gasteiger partial charge in [0.05, 0.1) is 11.0 Å². The van der Waals surface area contributed by atoms with Gasteiger partial charge in [0.2, 0.25) is 0 Å². The molecule has 0 bridgehead atoms. The Hall–Kier alpha value is -3.54. The van der Waals surface area contributed by atoms with Crippen molar-refractivity contribution in [3.05, 3.63) is 59.9 Å². The zero-order valence-electron chi connectivity index (χ0n) is 12.4. The van der Waals surface area contributed by atoms with E-state index in [2.05, 4.69) is 9.97 Å². The number of fused-ring (bicyclic) bond motifs is 3. The van der Waals surface area contributed by atoms with Crippen LogP contribution in [0.4, 0.5) is 0 Å². The molecular formula is C18H12N2O4. The first-order valence-electron chi connectivity index (χ1n) is 7.05. The zero-order chi connectivity index (χ0) is 17.1. The molecule has 0 aliphatic carbocycles. The van der Waals surface area contributed by atoms with Crippen molar-refractivity contribution in [2.24, 2.45) is 0 Å². The number of aliphatic carboxylic acids is 2. The molecule has 0 fully saturated rings. The lowest BCUT2D eigenvalue weighted by atomic mass is 10.0. The topological polar surface area (TPSA) is 100 Å². The molecule has 0 radical (unpaired) electrons. The standard InChI is InChI=1S/C18H12N2O4/c21-15(22)5-1-11-7-9-19-17-13(11)3-4-14-12(2-6-16(23)24)8-10-20-18(14)17/h1-10H,(H,21,22)(H,23,24)/b5-1+,6-2+. The SMILES string of the molecule is O=C(O)/C=C/c1ccnc2c1ccc1c(/C=C/C(=O)O)ccnc12. The first kappa shape index (κ1) is 15.4. The van der Waals surface area contributed by atoms with Crippen LogP contribution in [0.2, 0.25) is 0 Å². The summed E-state index contributed by atoms with van der Waals surface area (Å²) in [5, 5.41) is 19.1. The van der Waals surface area contributed by atoms with Crippen LogP contribution >= 0.6 is 0 Å². The second kappa shape index (κ2) is 6.29. The summed E-state index contributed by atoms with van der Waals surface area (Å²) in [6.45, 7) is 0. The number of pyridine rings is 2. The maximum Gasteiger partial charge on any atom is 0.328 e. The second-order valence-corrected chi connectivity index (χ2v) is 5.00. The molecule has 3 aromatic rings. The van der Waals surface area contributed by atoms with Gasteiger partial charge >= 0.3 is 11.9 Å². The maximum absolute atomic E-state index is 10.7. The fourth-order valence-corrected chi connectivity index (χ4v) is 2.48. The number of nitrogens with zero attached hydrogens (tertiary/aromatic N) is 2. The Kier molecular flexibility index (Phi) is 4.03. The van der Waals surface area contributed by atoms with E-state index >= 15 is 0 Å². The Balaban J connectivity index is 2.25. The van der Waals surface area contributed by atoms with Gasteiger partial charge in [-0.05, 0) is 35.4 Å². The second-order valence-electron chi connectivity index (χ2n) is 5.00. The van der Waals surface area contributed by atoms with Crippen LogP contribution in [0.25, 0.3) is 34.0 Å². The quantitative estimate of drug-likeness (QED) is 0.566. The lowest BCUT2D eigenvalue weighted by molar-refractivity contribution is -0.132. The minimum absolute atomic E-state index is 0.630. The average molecular weight is 320 g/mol. The van der Waals surface area contributed by atoms with Crippen molar-refractivity contribution in [2.75, 3.05) is 0 Å². The van der Waals surface area contributed by atoms with Crippen LogP contribution in [-0.2, 0) is 9.59 Å². The van der Waals surface area contributed by atoms with Crippen LogP contribution in [0, 0.1) is 0 Å². The van der Waals surface area contributed by atoms with E-state index in [1.165, 1.54) is 12.2 Å². The molecule has 2 aromatic heterocycles. The highest BCUT2D eigenvalue weighted by Crippen LogP contribution is 2.27. The molecule has 0 unspecified atom stereocenters. The predicted molar refractivity (Wildman–Crippen MR) is 90.4 cm³/mol. The van der Waals surface area contributed by atoms with E-state index in [9.17, 15) is 9.59 Å². The number of benzene rings is 1. The van der Waals surface area contributed by atoms with Gasteiger partial charge in [-0.2, -0.15) is 0 Å². The Labute approximate surface area is 136 Å². The molecule has 6 heteroatoms. The monoisotopic (exact) mass is 320 g/mol. The Morgan fingerprint density at radius 2 is 1.17 bits per heavy atom. The Morgan fingerprint density at radius 3 is 1.54 bits per heavy atom. The van der Waals surface area contributed by atoms with Gasteiger partial charge in [0.15, 0.2) is 0 Å². The van der Waals surface area contributed by atoms with Gasteiger partial charge in [0.25, 0.3) is 0 Å². The molecule has 2 N–H and O–H groups in total. The van der Waals surface area contributed by atoms with Crippen LogP contribution in [0.15, 0.2) is 48.8 Å². The molecule has 0 aliphatic heterocycles. The molecule has 118 valence electrons. The van der Waals surface area contributed by atoms with Crippen LogP contribution in [0.1, 0.15) is 11.1 Å². The summed E-state index contributed by atoms with van der Waals surface area (Å²) in [7, 11) is 0. The van der Waals surface area contributed by atoms with Crippen molar-refractivity contribution in [3.63, 3.8) is 0 Å². The third kappa shape index (κ3) is 2.98. The van der Waals surface area contributed by atoms with E-state index < -0.39 is 11.9 Å². The lowest BCUT2D eigenvalue weighted by Gasteiger charge is -2.07. The van der Waals surface area contributed by atoms with Crippen molar-refractivity contribution in [2.45, 2.75) is 0 Å². The molecule has 0 saturated heterocycles. The van der Waals surface area contributed by atoms with E-state index in [0.717, 1.165) is 34.1 Å².